The summed E-state index contributed by atoms with van der Waals surface area (Å²) in [5, 5.41) is 0.626. The maximum Gasteiger partial charge on any atom is 0.260 e. The van der Waals surface area contributed by atoms with Crippen LogP contribution in [0.2, 0.25) is 0 Å². The lowest BCUT2D eigenvalue weighted by molar-refractivity contribution is 0.0985. The number of aromatic nitrogens is 1. The number of fused-ring (bicyclic) bond motifs is 1. The van der Waals surface area contributed by atoms with Crippen molar-refractivity contribution >= 4 is 42.4 Å². The minimum absolute atomic E-state index is 0.00729. The van der Waals surface area contributed by atoms with Crippen LogP contribution < -0.4 is 4.90 Å². The number of thiazole rings is 1. The SMILES string of the molecule is CCc1cccc2sc(N(CCN(C)C)C(=O)c3cccc(S(=O)(=O)CC)c3)nc12. The third kappa shape index (κ3) is 4.71. The smallest absolute Gasteiger partial charge is 0.260 e. The van der Waals surface area contributed by atoms with Crippen LogP contribution in [0.25, 0.3) is 10.2 Å². The second-order valence-corrected chi connectivity index (χ2v) is 10.6. The van der Waals surface area contributed by atoms with E-state index in [0.29, 0.717) is 23.8 Å². The number of likely N-dealkylation sites (N-methyl/N-ethyl adjacent to an activating group) is 1. The van der Waals surface area contributed by atoms with Crippen molar-refractivity contribution in [3.05, 3.63) is 53.6 Å². The predicted molar refractivity (Wildman–Crippen MR) is 123 cm³/mol. The van der Waals surface area contributed by atoms with E-state index in [2.05, 4.69) is 13.0 Å². The highest BCUT2D eigenvalue weighted by molar-refractivity contribution is 7.91. The molecular formula is C22H27N3O3S2. The number of carbonyl (C=O) groups is 1. The summed E-state index contributed by atoms with van der Waals surface area (Å²) in [6.45, 7) is 4.80. The molecule has 0 bridgehead atoms. The van der Waals surface area contributed by atoms with Gasteiger partial charge in [0.15, 0.2) is 15.0 Å². The first-order valence-electron chi connectivity index (χ1n) is 9.94. The molecule has 0 spiro atoms. The Morgan fingerprint density at radius 2 is 1.80 bits per heavy atom. The fourth-order valence-electron chi connectivity index (χ4n) is 3.12. The number of rotatable bonds is 8. The number of nitrogens with zero attached hydrogens (tertiary/aromatic N) is 3. The Balaban J connectivity index is 2.04. The topological polar surface area (TPSA) is 70.6 Å². The number of anilines is 1. The predicted octanol–water partition coefficient (Wildman–Crippen LogP) is 3.86. The van der Waals surface area contributed by atoms with E-state index in [9.17, 15) is 13.2 Å². The molecule has 6 nitrogen and oxygen atoms in total. The number of hydrogen-bond donors (Lipinski definition) is 0. The van der Waals surface area contributed by atoms with Gasteiger partial charge in [-0.25, -0.2) is 13.4 Å². The molecule has 0 radical (unpaired) electrons. The van der Waals surface area contributed by atoms with Crippen LogP contribution in [0.1, 0.15) is 29.8 Å². The third-order valence-electron chi connectivity index (χ3n) is 4.94. The molecule has 3 aromatic rings. The van der Waals surface area contributed by atoms with E-state index in [4.69, 9.17) is 4.98 Å². The largest absolute Gasteiger partial charge is 0.308 e. The van der Waals surface area contributed by atoms with Crippen LogP contribution in [0.15, 0.2) is 47.4 Å². The van der Waals surface area contributed by atoms with Crippen molar-refractivity contribution in [2.24, 2.45) is 0 Å². The van der Waals surface area contributed by atoms with Gasteiger partial charge in [0.1, 0.15) is 0 Å². The van der Waals surface area contributed by atoms with Gasteiger partial charge >= 0.3 is 0 Å². The highest BCUT2D eigenvalue weighted by Gasteiger charge is 2.23. The molecule has 0 saturated heterocycles. The second kappa shape index (κ2) is 9.24. The van der Waals surface area contributed by atoms with Gasteiger partial charge in [0.2, 0.25) is 0 Å². The molecule has 1 amide bonds. The summed E-state index contributed by atoms with van der Waals surface area (Å²) in [7, 11) is 0.506. The van der Waals surface area contributed by atoms with Crippen molar-refractivity contribution < 1.29 is 13.2 Å². The summed E-state index contributed by atoms with van der Waals surface area (Å²) in [5.41, 5.74) is 2.41. The molecule has 0 atom stereocenters. The van der Waals surface area contributed by atoms with Crippen molar-refractivity contribution in [3.8, 4) is 0 Å². The Morgan fingerprint density at radius 3 is 2.47 bits per heavy atom. The lowest BCUT2D eigenvalue weighted by Crippen LogP contribution is -2.36. The van der Waals surface area contributed by atoms with Crippen molar-refractivity contribution in [1.82, 2.24) is 9.88 Å². The molecular weight excluding hydrogens is 418 g/mol. The van der Waals surface area contributed by atoms with Crippen molar-refractivity contribution in [3.63, 3.8) is 0 Å². The quantitative estimate of drug-likeness (QED) is 0.527. The monoisotopic (exact) mass is 445 g/mol. The summed E-state index contributed by atoms with van der Waals surface area (Å²) in [6, 6.07) is 12.3. The molecule has 1 aromatic heterocycles. The highest BCUT2D eigenvalue weighted by atomic mass is 32.2. The lowest BCUT2D eigenvalue weighted by atomic mass is 10.1. The number of hydrogen-bond acceptors (Lipinski definition) is 6. The zero-order valence-corrected chi connectivity index (χ0v) is 19.4. The van der Waals surface area contributed by atoms with Crippen molar-refractivity contribution in [2.75, 3.05) is 37.8 Å². The molecule has 160 valence electrons. The fourth-order valence-corrected chi connectivity index (χ4v) is 5.09. The molecule has 2 aromatic carbocycles. The minimum atomic E-state index is -3.39. The zero-order chi connectivity index (χ0) is 21.9. The minimum Gasteiger partial charge on any atom is -0.308 e. The molecule has 0 unspecified atom stereocenters. The van der Waals surface area contributed by atoms with Gasteiger partial charge in [-0.05, 0) is 50.3 Å². The van der Waals surface area contributed by atoms with Gasteiger partial charge in [0.05, 0.1) is 20.9 Å². The van der Waals surface area contributed by atoms with Crippen LogP contribution >= 0.6 is 11.3 Å². The number of carbonyl (C=O) groups excluding carboxylic acids is 1. The van der Waals surface area contributed by atoms with Gasteiger partial charge in [0.25, 0.3) is 5.91 Å². The van der Waals surface area contributed by atoms with Gasteiger partial charge in [0, 0.05) is 18.7 Å². The summed E-state index contributed by atoms with van der Waals surface area (Å²) in [5.74, 6) is -0.255. The molecule has 1 heterocycles. The van der Waals surface area contributed by atoms with Crippen LogP contribution in [-0.2, 0) is 16.3 Å². The standard InChI is InChI=1S/C22H27N3O3S2/c1-5-16-9-8-12-19-20(16)23-22(29-19)25(14-13-24(3)4)21(26)17-10-7-11-18(15-17)30(27,28)6-2/h7-12,15H,5-6,13-14H2,1-4H3. The van der Waals surface area contributed by atoms with Gasteiger partial charge in [-0.3, -0.25) is 9.69 Å². The van der Waals surface area contributed by atoms with E-state index in [1.807, 2.05) is 31.1 Å². The lowest BCUT2D eigenvalue weighted by Gasteiger charge is -2.22. The number of sulfone groups is 1. The second-order valence-electron chi connectivity index (χ2n) is 7.31. The van der Waals surface area contributed by atoms with E-state index in [0.717, 1.165) is 22.2 Å². The summed E-state index contributed by atoms with van der Waals surface area (Å²) < 4.78 is 25.6. The van der Waals surface area contributed by atoms with E-state index < -0.39 is 9.84 Å². The Morgan fingerprint density at radius 1 is 1.07 bits per heavy atom. The van der Waals surface area contributed by atoms with Gasteiger partial charge < -0.3 is 4.90 Å². The van der Waals surface area contributed by atoms with E-state index >= 15 is 0 Å². The highest BCUT2D eigenvalue weighted by Crippen LogP contribution is 2.32. The first kappa shape index (κ1) is 22.4. The Bertz CT molecular complexity index is 1150. The first-order chi connectivity index (χ1) is 14.3. The van der Waals surface area contributed by atoms with Crippen LogP contribution in [0, 0.1) is 0 Å². The number of para-hydroxylation sites is 1. The molecule has 0 aliphatic carbocycles. The Kier molecular flexibility index (Phi) is 6.90. The van der Waals surface area contributed by atoms with Crippen LogP contribution in [0.4, 0.5) is 5.13 Å². The van der Waals surface area contributed by atoms with Gasteiger partial charge in [-0.1, -0.05) is 43.4 Å². The maximum absolute atomic E-state index is 13.4. The summed E-state index contributed by atoms with van der Waals surface area (Å²) in [4.78, 5) is 22.0. The number of aryl methyl sites for hydroxylation is 1. The fraction of sp³-hybridized carbons (Fsp3) is 0.364. The molecule has 0 fully saturated rings. The van der Waals surface area contributed by atoms with E-state index in [1.165, 1.54) is 23.5 Å². The molecule has 3 rings (SSSR count). The summed E-state index contributed by atoms with van der Waals surface area (Å²) >= 11 is 1.48. The van der Waals surface area contributed by atoms with Gasteiger partial charge in [-0.15, -0.1) is 0 Å². The third-order valence-corrected chi connectivity index (χ3v) is 7.72. The molecule has 0 saturated carbocycles. The Hall–Kier alpha value is -2.29. The molecule has 0 N–H and O–H groups in total. The Labute approximate surface area is 182 Å². The molecule has 0 aliphatic rings. The molecule has 30 heavy (non-hydrogen) atoms. The van der Waals surface area contributed by atoms with Gasteiger partial charge in [-0.2, -0.15) is 0 Å². The average molecular weight is 446 g/mol. The zero-order valence-electron chi connectivity index (χ0n) is 17.8. The maximum atomic E-state index is 13.4. The normalized spacial score (nSPS) is 11.9. The first-order valence-corrected chi connectivity index (χ1v) is 12.4. The number of amides is 1. The van der Waals surface area contributed by atoms with E-state index in [-0.39, 0.29) is 16.6 Å². The van der Waals surface area contributed by atoms with E-state index in [1.54, 1.807) is 24.0 Å². The van der Waals surface area contributed by atoms with Crippen molar-refractivity contribution in [2.45, 2.75) is 25.2 Å². The average Bonchev–Trinajstić information content (AvgIpc) is 3.17. The van der Waals surface area contributed by atoms with Crippen LogP contribution in [0.3, 0.4) is 0 Å². The summed E-state index contributed by atoms with van der Waals surface area (Å²) in [6.07, 6.45) is 0.864. The molecule has 0 aliphatic heterocycles. The van der Waals surface area contributed by atoms with Crippen LogP contribution in [0.5, 0.6) is 0 Å². The van der Waals surface area contributed by atoms with Crippen LogP contribution in [-0.4, -0.2) is 57.1 Å². The number of benzene rings is 2. The molecule has 8 heteroatoms. The van der Waals surface area contributed by atoms with Crippen molar-refractivity contribution in [1.29, 1.82) is 0 Å².